The van der Waals surface area contributed by atoms with Crippen molar-refractivity contribution >= 4 is 23.1 Å². The van der Waals surface area contributed by atoms with Crippen LogP contribution < -0.4 is 0 Å². The zero-order valence-electron chi connectivity index (χ0n) is 11.4. The molecule has 3 rings (SSSR count). The van der Waals surface area contributed by atoms with Gasteiger partial charge in [0.05, 0.1) is 18.2 Å². The molecule has 1 aromatic carbocycles. The Morgan fingerprint density at radius 3 is 2.71 bits per heavy atom. The number of pyridine rings is 1. The molecule has 0 aliphatic carbocycles. The predicted molar refractivity (Wildman–Crippen MR) is 80.8 cm³/mol. The van der Waals surface area contributed by atoms with Crippen molar-refractivity contribution in [2.45, 2.75) is 6.42 Å². The Morgan fingerprint density at radius 2 is 2.00 bits per heavy atom. The fourth-order valence-electron chi connectivity index (χ4n) is 2.25. The fraction of sp³-hybridized carbons (Fsp3) is 0.125. The van der Waals surface area contributed by atoms with Crippen molar-refractivity contribution in [1.82, 2.24) is 9.38 Å². The highest BCUT2D eigenvalue weighted by molar-refractivity contribution is 6.32. The summed E-state index contributed by atoms with van der Waals surface area (Å²) in [6, 6.07) is 13.4. The Morgan fingerprint density at radius 1 is 1.24 bits per heavy atom. The van der Waals surface area contributed by atoms with Gasteiger partial charge >= 0.3 is 5.97 Å². The summed E-state index contributed by atoms with van der Waals surface area (Å²) in [7, 11) is 1.36. The summed E-state index contributed by atoms with van der Waals surface area (Å²) in [5.74, 6) is 0.402. The number of carbonyl (C=O) groups excluding carboxylic acids is 1. The molecular weight excluding hydrogens is 288 g/mol. The van der Waals surface area contributed by atoms with Crippen LogP contribution in [0.5, 0.6) is 0 Å². The number of hydrogen-bond donors (Lipinski definition) is 0. The largest absolute Gasteiger partial charge is 0.465 e. The van der Waals surface area contributed by atoms with Gasteiger partial charge in [0.15, 0.2) is 5.15 Å². The van der Waals surface area contributed by atoms with Gasteiger partial charge in [-0.1, -0.05) is 41.9 Å². The minimum atomic E-state index is -0.382. The summed E-state index contributed by atoms with van der Waals surface area (Å²) in [5, 5.41) is 0.428. The second kappa shape index (κ2) is 5.58. The first-order chi connectivity index (χ1) is 10.2. The highest BCUT2D eigenvalue weighted by Gasteiger charge is 2.13. The lowest BCUT2D eigenvalue weighted by molar-refractivity contribution is 0.0600. The zero-order valence-corrected chi connectivity index (χ0v) is 12.2. The van der Waals surface area contributed by atoms with Gasteiger partial charge in [0.25, 0.3) is 0 Å². The highest BCUT2D eigenvalue weighted by atomic mass is 35.5. The van der Waals surface area contributed by atoms with Crippen LogP contribution in [0.25, 0.3) is 5.52 Å². The second-order valence-corrected chi connectivity index (χ2v) is 5.00. The molecule has 0 saturated carbocycles. The van der Waals surface area contributed by atoms with Crippen LogP contribution in [0.1, 0.15) is 21.7 Å². The number of fused-ring (bicyclic) bond motifs is 1. The number of benzene rings is 1. The van der Waals surface area contributed by atoms with Gasteiger partial charge in [-0.2, -0.15) is 0 Å². The van der Waals surface area contributed by atoms with E-state index in [4.69, 9.17) is 16.3 Å². The SMILES string of the molecule is COC(=O)c1ccc2c(Cl)nc(Cc3ccccc3)n2c1. The van der Waals surface area contributed by atoms with Gasteiger partial charge < -0.3 is 9.14 Å². The number of methoxy groups -OCH3 is 1. The normalized spacial score (nSPS) is 10.8. The van der Waals surface area contributed by atoms with Gasteiger partial charge in [-0.05, 0) is 17.7 Å². The van der Waals surface area contributed by atoms with E-state index >= 15 is 0 Å². The summed E-state index contributed by atoms with van der Waals surface area (Å²) >= 11 is 6.16. The first kappa shape index (κ1) is 13.6. The molecule has 106 valence electrons. The molecule has 0 N–H and O–H groups in total. The molecule has 0 aliphatic heterocycles. The summed E-state index contributed by atoms with van der Waals surface area (Å²) < 4.78 is 6.58. The topological polar surface area (TPSA) is 43.6 Å². The molecule has 0 spiro atoms. The lowest BCUT2D eigenvalue weighted by Crippen LogP contribution is -2.04. The third kappa shape index (κ3) is 2.62. The van der Waals surface area contributed by atoms with Gasteiger partial charge in [-0.15, -0.1) is 0 Å². The van der Waals surface area contributed by atoms with E-state index in [1.807, 2.05) is 34.7 Å². The highest BCUT2D eigenvalue weighted by Crippen LogP contribution is 2.21. The van der Waals surface area contributed by atoms with Gasteiger partial charge in [-0.25, -0.2) is 9.78 Å². The van der Waals surface area contributed by atoms with Crippen molar-refractivity contribution in [2.24, 2.45) is 0 Å². The lowest BCUT2D eigenvalue weighted by Gasteiger charge is -2.04. The van der Waals surface area contributed by atoms with E-state index in [0.29, 0.717) is 17.1 Å². The van der Waals surface area contributed by atoms with Gasteiger partial charge in [-0.3, -0.25) is 0 Å². The Balaban J connectivity index is 2.07. The molecule has 0 atom stereocenters. The van der Waals surface area contributed by atoms with E-state index < -0.39 is 0 Å². The molecule has 0 aliphatic rings. The summed E-state index contributed by atoms with van der Waals surface area (Å²) in [6.45, 7) is 0. The summed E-state index contributed by atoms with van der Waals surface area (Å²) in [5.41, 5.74) is 2.37. The van der Waals surface area contributed by atoms with E-state index in [2.05, 4.69) is 4.98 Å². The molecule has 0 radical (unpaired) electrons. The minimum absolute atomic E-state index is 0.382. The van der Waals surface area contributed by atoms with Gasteiger partial charge in [0.1, 0.15) is 5.82 Å². The van der Waals surface area contributed by atoms with Crippen LogP contribution in [0.4, 0.5) is 0 Å². The molecule has 4 nitrogen and oxygen atoms in total. The van der Waals surface area contributed by atoms with Crippen LogP contribution in [0.3, 0.4) is 0 Å². The smallest absolute Gasteiger partial charge is 0.339 e. The number of esters is 1. The molecule has 3 aromatic rings. The molecule has 2 aromatic heterocycles. The molecule has 0 amide bonds. The average molecular weight is 301 g/mol. The lowest BCUT2D eigenvalue weighted by atomic mass is 10.1. The molecular formula is C16H13ClN2O2. The number of halogens is 1. The number of carbonyl (C=O) groups is 1. The molecule has 0 unspecified atom stereocenters. The second-order valence-electron chi connectivity index (χ2n) is 4.65. The first-order valence-corrected chi connectivity index (χ1v) is 6.85. The van der Waals surface area contributed by atoms with Crippen molar-refractivity contribution in [1.29, 1.82) is 0 Å². The maximum atomic E-state index is 11.6. The van der Waals surface area contributed by atoms with Crippen LogP contribution in [0, 0.1) is 0 Å². The number of aromatic nitrogens is 2. The molecule has 2 heterocycles. The standard InChI is InChI=1S/C16H13ClN2O2/c1-21-16(20)12-7-8-13-15(17)18-14(19(13)10-12)9-11-5-3-2-4-6-11/h2-8,10H,9H2,1H3. The van der Waals surface area contributed by atoms with E-state index in [1.54, 1.807) is 18.3 Å². The van der Waals surface area contributed by atoms with E-state index in [9.17, 15) is 4.79 Å². The van der Waals surface area contributed by atoms with E-state index in [-0.39, 0.29) is 5.97 Å². The Labute approximate surface area is 126 Å². The van der Waals surface area contributed by atoms with Crippen LogP contribution in [0.15, 0.2) is 48.7 Å². The third-order valence-electron chi connectivity index (χ3n) is 3.29. The van der Waals surface area contributed by atoms with E-state index in [1.165, 1.54) is 7.11 Å². The summed E-state index contributed by atoms with van der Waals surface area (Å²) in [6.07, 6.45) is 2.34. The Bertz CT molecular complexity index is 797. The Kier molecular flexibility index (Phi) is 3.62. The molecule has 0 bridgehead atoms. The van der Waals surface area contributed by atoms with E-state index in [0.717, 1.165) is 16.9 Å². The molecule has 0 fully saturated rings. The van der Waals surface area contributed by atoms with Crippen LogP contribution in [-0.4, -0.2) is 22.5 Å². The van der Waals surface area contributed by atoms with Crippen molar-refractivity contribution in [3.63, 3.8) is 0 Å². The van der Waals surface area contributed by atoms with Crippen molar-refractivity contribution < 1.29 is 9.53 Å². The number of ether oxygens (including phenoxy) is 1. The average Bonchev–Trinajstić information content (AvgIpc) is 2.83. The minimum Gasteiger partial charge on any atom is -0.465 e. The molecule has 21 heavy (non-hydrogen) atoms. The van der Waals surface area contributed by atoms with Crippen molar-refractivity contribution in [3.05, 3.63) is 70.8 Å². The molecule has 5 heteroatoms. The van der Waals surface area contributed by atoms with Crippen LogP contribution in [-0.2, 0) is 11.2 Å². The maximum Gasteiger partial charge on any atom is 0.339 e. The number of rotatable bonds is 3. The number of nitrogens with zero attached hydrogens (tertiary/aromatic N) is 2. The number of imidazole rings is 1. The first-order valence-electron chi connectivity index (χ1n) is 6.48. The molecule has 0 saturated heterocycles. The van der Waals surface area contributed by atoms with Crippen molar-refractivity contribution in [2.75, 3.05) is 7.11 Å². The fourth-order valence-corrected chi connectivity index (χ4v) is 2.50. The number of hydrogen-bond acceptors (Lipinski definition) is 3. The zero-order chi connectivity index (χ0) is 14.8. The quantitative estimate of drug-likeness (QED) is 0.697. The monoisotopic (exact) mass is 300 g/mol. The summed E-state index contributed by atoms with van der Waals surface area (Å²) in [4.78, 5) is 16.0. The maximum absolute atomic E-state index is 11.6. The Hall–Kier alpha value is -2.33. The van der Waals surface area contributed by atoms with Crippen molar-refractivity contribution in [3.8, 4) is 0 Å². The predicted octanol–water partition coefficient (Wildman–Crippen LogP) is 3.37. The van der Waals surface area contributed by atoms with Gasteiger partial charge in [0.2, 0.25) is 0 Å². The van der Waals surface area contributed by atoms with Crippen LogP contribution >= 0.6 is 11.6 Å². The van der Waals surface area contributed by atoms with Gasteiger partial charge in [0, 0.05) is 12.6 Å². The third-order valence-corrected chi connectivity index (χ3v) is 3.57. The van der Waals surface area contributed by atoms with Crippen LogP contribution in [0.2, 0.25) is 5.15 Å².